The largest absolute Gasteiger partial charge is 0.490 e. The van der Waals surface area contributed by atoms with Gasteiger partial charge in [0.15, 0.2) is 11.5 Å². The molecule has 1 aromatic heterocycles. The van der Waals surface area contributed by atoms with Gasteiger partial charge in [-0.3, -0.25) is 4.79 Å². The molecule has 1 amide bonds. The monoisotopic (exact) mass is 383 g/mol. The lowest BCUT2D eigenvalue weighted by Gasteiger charge is -2.13. The third kappa shape index (κ3) is 4.97. The summed E-state index contributed by atoms with van der Waals surface area (Å²) in [6.07, 6.45) is 4.55. The Hall–Kier alpha value is -2.69. The zero-order valence-corrected chi connectivity index (χ0v) is 17.1. The first kappa shape index (κ1) is 20.1. The summed E-state index contributed by atoms with van der Waals surface area (Å²) >= 11 is 0. The number of ether oxygens (including phenoxy) is 2. The molecule has 2 unspecified atom stereocenters. The molecule has 1 saturated carbocycles. The Balaban J connectivity index is 1.60. The van der Waals surface area contributed by atoms with Crippen molar-refractivity contribution >= 4 is 12.0 Å². The molecule has 2 aromatic rings. The summed E-state index contributed by atoms with van der Waals surface area (Å²) in [6.45, 7) is 7.68. The minimum absolute atomic E-state index is 0.0791. The summed E-state index contributed by atoms with van der Waals surface area (Å²) in [5, 5.41) is 0. The van der Waals surface area contributed by atoms with Gasteiger partial charge in [-0.25, -0.2) is 0 Å². The van der Waals surface area contributed by atoms with Crippen molar-refractivity contribution in [3.05, 3.63) is 53.5 Å². The molecule has 0 spiro atoms. The van der Waals surface area contributed by atoms with Gasteiger partial charge in [-0.2, -0.15) is 0 Å². The zero-order chi connectivity index (χ0) is 20.1. The molecule has 5 nitrogen and oxygen atoms in total. The van der Waals surface area contributed by atoms with E-state index in [9.17, 15) is 4.79 Å². The Labute approximate surface area is 166 Å². The molecule has 1 heterocycles. The number of carbonyl (C=O) groups excluding carboxylic acids is 1. The highest BCUT2D eigenvalue weighted by molar-refractivity contribution is 5.91. The van der Waals surface area contributed by atoms with Crippen LogP contribution in [0.1, 0.15) is 50.2 Å². The molecule has 1 aliphatic carbocycles. The van der Waals surface area contributed by atoms with Crippen LogP contribution in [0.3, 0.4) is 0 Å². The number of rotatable bonds is 9. The van der Waals surface area contributed by atoms with Crippen LogP contribution < -0.4 is 9.47 Å². The van der Waals surface area contributed by atoms with Crippen molar-refractivity contribution in [2.24, 2.45) is 5.92 Å². The fraction of sp³-hybridized carbons (Fsp3) is 0.435. The molecule has 150 valence electrons. The highest BCUT2D eigenvalue weighted by Gasteiger charge is 2.36. The lowest BCUT2D eigenvalue weighted by molar-refractivity contribution is -0.125. The first-order valence-electron chi connectivity index (χ1n) is 9.93. The summed E-state index contributed by atoms with van der Waals surface area (Å²) < 4.78 is 17.1. The van der Waals surface area contributed by atoms with Crippen LogP contribution in [0.2, 0.25) is 0 Å². The first-order valence-corrected chi connectivity index (χ1v) is 9.93. The van der Waals surface area contributed by atoms with Crippen LogP contribution >= 0.6 is 0 Å². The average molecular weight is 383 g/mol. The molecular formula is C23H29NO4. The normalized spacial score (nSPS) is 18.3. The molecule has 1 fully saturated rings. The summed E-state index contributed by atoms with van der Waals surface area (Å²) in [4.78, 5) is 14.1. The minimum atomic E-state index is -0.0791. The highest BCUT2D eigenvalue weighted by Crippen LogP contribution is 2.47. The van der Waals surface area contributed by atoms with Gasteiger partial charge in [0, 0.05) is 19.0 Å². The molecule has 2 atom stereocenters. The van der Waals surface area contributed by atoms with E-state index in [4.69, 9.17) is 13.9 Å². The zero-order valence-electron chi connectivity index (χ0n) is 17.1. The highest BCUT2D eigenvalue weighted by atomic mass is 16.5. The van der Waals surface area contributed by atoms with Gasteiger partial charge in [0.05, 0.1) is 19.8 Å². The van der Waals surface area contributed by atoms with E-state index in [-0.39, 0.29) is 5.91 Å². The Bertz CT molecular complexity index is 839. The fourth-order valence-corrected chi connectivity index (χ4v) is 3.18. The lowest BCUT2D eigenvalue weighted by atomic mass is 10.2. The number of carbonyl (C=O) groups is 1. The van der Waals surface area contributed by atoms with Crippen molar-refractivity contribution in [1.29, 1.82) is 0 Å². The lowest BCUT2D eigenvalue weighted by Crippen LogP contribution is -2.23. The predicted octanol–water partition coefficient (Wildman–Crippen LogP) is 4.87. The van der Waals surface area contributed by atoms with Crippen LogP contribution in [0, 0.1) is 5.92 Å². The molecule has 5 heteroatoms. The van der Waals surface area contributed by atoms with Crippen molar-refractivity contribution in [1.82, 2.24) is 4.90 Å². The van der Waals surface area contributed by atoms with E-state index in [1.807, 2.05) is 44.2 Å². The SMILES string of the molecule is CCOc1ccc(/C=C/C(=O)N(C)Cc2ccc(C3CC3C)o2)cc1OCC. The predicted molar refractivity (Wildman–Crippen MR) is 110 cm³/mol. The van der Waals surface area contributed by atoms with E-state index in [0.717, 1.165) is 17.1 Å². The van der Waals surface area contributed by atoms with Crippen LogP contribution in [-0.2, 0) is 11.3 Å². The number of amides is 1. The van der Waals surface area contributed by atoms with Crippen molar-refractivity contribution in [3.8, 4) is 11.5 Å². The number of furan rings is 1. The molecule has 1 aromatic carbocycles. The smallest absolute Gasteiger partial charge is 0.246 e. The quantitative estimate of drug-likeness (QED) is 0.580. The summed E-state index contributed by atoms with van der Waals surface area (Å²) in [6, 6.07) is 9.66. The number of likely N-dealkylation sites (N-methyl/N-ethyl adjacent to an activating group) is 1. The number of nitrogens with zero attached hydrogens (tertiary/aromatic N) is 1. The molecule has 0 saturated heterocycles. The molecule has 28 heavy (non-hydrogen) atoms. The van der Waals surface area contributed by atoms with Crippen LogP contribution in [0.15, 0.2) is 40.8 Å². The Morgan fingerprint density at radius 1 is 1.18 bits per heavy atom. The number of hydrogen-bond acceptors (Lipinski definition) is 4. The average Bonchev–Trinajstić information content (AvgIpc) is 3.23. The minimum Gasteiger partial charge on any atom is -0.490 e. The van der Waals surface area contributed by atoms with E-state index >= 15 is 0 Å². The second-order valence-electron chi connectivity index (χ2n) is 7.22. The number of benzene rings is 1. The Morgan fingerprint density at radius 2 is 1.89 bits per heavy atom. The molecule has 1 aliphatic rings. The standard InChI is InChI=1S/C23H29NO4/c1-5-26-21-10-7-17(14-22(21)27-6-2)8-12-23(25)24(4)15-18-9-11-20(28-18)19-13-16(19)3/h7-12,14,16,19H,5-6,13,15H2,1-4H3/b12-8+. The van der Waals surface area contributed by atoms with Crippen molar-refractivity contribution in [2.75, 3.05) is 20.3 Å². The van der Waals surface area contributed by atoms with Crippen LogP contribution in [0.5, 0.6) is 11.5 Å². The Morgan fingerprint density at radius 3 is 2.57 bits per heavy atom. The molecule has 0 radical (unpaired) electrons. The molecule has 0 bridgehead atoms. The van der Waals surface area contributed by atoms with E-state index in [1.165, 1.54) is 6.42 Å². The van der Waals surface area contributed by atoms with Gasteiger partial charge in [-0.05, 0) is 62.1 Å². The van der Waals surface area contributed by atoms with Crippen LogP contribution in [0.25, 0.3) is 6.08 Å². The van der Waals surface area contributed by atoms with Crippen molar-refractivity contribution in [2.45, 2.75) is 39.7 Å². The van der Waals surface area contributed by atoms with Crippen molar-refractivity contribution in [3.63, 3.8) is 0 Å². The summed E-state index contributed by atoms with van der Waals surface area (Å²) in [5.74, 6) is 4.43. The molecule has 0 N–H and O–H groups in total. The first-order chi connectivity index (χ1) is 13.5. The van der Waals surface area contributed by atoms with Gasteiger partial charge < -0.3 is 18.8 Å². The van der Waals surface area contributed by atoms with Gasteiger partial charge in [0.2, 0.25) is 5.91 Å². The second kappa shape index (κ2) is 9.00. The summed E-state index contributed by atoms with van der Waals surface area (Å²) in [5.41, 5.74) is 0.886. The van der Waals surface area contributed by atoms with Gasteiger partial charge in [-0.15, -0.1) is 0 Å². The van der Waals surface area contributed by atoms with Crippen LogP contribution in [-0.4, -0.2) is 31.1 Å². The van der Waals surface area contributed by atoms with Crippen molar-refractivity contribution < 1.29 is 18.7 Å². The summed E-state index contributed by atoms with van der Waals surface area (Å²) in [7, 11) is 1.78. The van der Waals surface area contributed by atoms with Gasteiger partial charge in [-0.1, -0.05) is 13.0 Å². The van der Waals surface area contributed by atoms with E-state index in [2.05, 4.69) is 6.92 Å². The van der Waals surface area contributed by atoms with Gasteiger partial charge in [0.25, 0.3) is 0 Å². The Kier molecular flexibility index (Phi) is 6.45. The van der Waals surface area contributed by atoms with Crippen LogP contribution in [0.4, 0.5) is 0 Å². The third-order valence-electron chi connectivity index (χ3n) is 4.91. The van der Waals surface area contributed by atoms with E-state index in [0.29, 0.717) is 43.1 Å². The maximum absolute atomic E-state index is 12.4. The fourth-order valence-electron chi connectivity index (χ4n) is 3.18. The van der Waals surface area contributed by atoms with Gasteiger partial charge in [0.1, 0.15) is 11.5 Å². The third-order valence-corrected chi connectivity index (χ3v) is 4.91. The second-order valence-corrected chi connectivity index (χ2v) is 7.22. The molecule has 3 rings (SSSR count). The topological polar surface area (TPSA) is 51.9 Å². The van der Waals surface area contributed by atoms with Gasteiger partial charge >= 0.3 is 0 Å². The molecule has 0 aliphatic heterocycles. The van der Waals surface area contributed by atoms with E-state index in [1.54, 1.807) is 24.1 Å². The van der Waals surface area contributed by atoms with E-state index < -0.39 is 0 Å². The number of hydrogen-bond donors (Lipinski definition) is 0. The molecular weight excluding hydrogens is 354 g/mol. The maximum atomic E-state index is 12.4. The maximum Gasteiger partial charge on any atom is 0.246 e.